The first-order valence-electron chi connectivity index (χ1n) is 11.2. The van der Waals surface area contributed by atoms with E-state index in [1.165, 1.54) is 6.07 Å². The first-order valence-corrected chi connectivity index (χ1v) is 11.6. The van der Waals surface area contributed by atoms with Crippen molar-refractivity contribution in [1.29, 1.82) is 0 Å². The highest BCUT2D eigenvalue weighted by Gasteiger charge is 2.35. The molecule has 34 heavy (non-hydrogen) atoms. The second kappa shape index (κ2) is 10.7. The van der Waals surface area contributed by atoms with Crippen LogP contribution in [-0.4, -0.2) is 35.0 Å². The number of aryl methyl sites for hydroxylation is 1. The molecule has 3 aromatic carbocycles. The van der Waals surface area contributed by atoms with Crippen LogP contribution in [0.2, 0.25) is 5.02 Å². The summed E-state index contributed by atoms with van der Waals surface area (Å²) in [5, 5.41) is 9.51. The van der Waals surface area contributed by atoms with Gasteiger partial charge in [0.2, 0.25) is 5.91 Å². The van der Waals surface area contributed by atoms with Gasteiger partial charge in [0.1, 0.15) is 11.6 Å². The fourth-order valence-electron chi connectivity index (χ4n) is 4.46. The molecule has 0 bridgehead atoms. The normalized spacial score (nSPS) is 15.0. The van der Waals surface area contributed by atoms with E-state index in [0.29, 0.717) is 53.3 Å². The molecule has 4 rings (SSSR count). The van der Waals surface area contributed by atoms with Gasteiger partial charge in [-0.2, -0.15) is 0 Å². The lowest BCUT2D eigenvalue weighted by atomic mass is 9.87. The Morgan fingerprint density at radius 1 is 1.06 bits per heavy atom. The van der Waals surface area contributed by atoms with Gasteiger partial charge >= 0.3 is 5.97 Å². The highest BCUT2D eigenvalue weighted by molar-refractivity contribution is 6.30. The monoisotopic (exact) mass is 481 g/mol. The molecule has 1 aliphatic rings. The van der Waals surface area contributed by atoms with Crippen molar-refractivity contribution in [2.45, 2.75) is 31.7 Å². The molecule has 1 amide bonds. The molecule has 1 heterocycles. The maximum Gasteiger partial charge on any atom is 0.341 e. The maximum atomic E-state index is 14.7. The third-order valence-corrected chi connectivity index (χ3v) is 6.24. The minimum Gasteiger partial charge on any atom is -0.482 e. The van der Waals surface area contributed by atoms with E-state index in [4.69, 9.17) is 21.4 Å². The van der Waals surface area contributed by atoms with Gasteiger partial charge in [-0.05, 0) is 60.2 Å². The number of aliphatic carboxylic acids is 1. The van der Waals surface area contributed by atoms with Crippen LogP contribution in [0.1, 0.15) is 41.1 Å². The number of carboxylic acid groups (broad SMARTS) is 1. The highest BCUT2D eigenvalue weighted by Crippen LogP contribution is 2.41. The average Bonchev–Trinajstić information content (AvgIpc) is 2.83. The van der Waals surface area contributed by atoms with Gasteiger partial charge in [0, 0.05) is 23.6 Å². The molecule has 1 aliphatic heterocycles. The molecule has 1 atom stereocenters. The Morgan fingerprint density at radius 3 is 2.62 bits per heavy atom. The second-order valence-corrected chi connectivity index (χ2v) is 8.69. The Balaban J connectivity index is 1.66. The van der Waals surface area contributed by atoms with Crippen LogP contribution in [0.5, 0.6) is 5.75 Å². The fraction of sp³-hybridized carbons (Fsp3) is 0.259. The predicted molar refractivity (Wildman–Crippen MR) is 128 cm³/mol. The van der Waals surface area contributed by atoms with Crippen molar-refractivity contribution in [3.63, 3.8) is 0 Å². The number of amides is 1. The molecular weight excluding hydrogens is 457 g/mol. The Bertz CT molecular complexity index is 1180. The molecule has 1 unspecified atom stereocenters. The van der Waals surface area contributed by atoms with E-state index in [2.05, 4.69) is 0 Å². The van der Waals surface area contributed by atoms with E-state index in [1.807, 2.05) is 30.3 Å². The zero-order valence-electron chi connectivity index (χ0n) is 18.5. The van der Waals surface area contributed by atoms with Gasteiger partial charge in [-0.1, -0.05) is 54.1 Å². The summed E-state index contributed by atoms with van der Waals surface area (Å²) in [6.07, 6.45) is 2.19. The van der Waals surface area contributed by atoms with Crippen LogP contribution in [-0.2, 0) is 22.4 Å². The van der Waals surface area contributed by atoms with E-state index < -0.39 is 18.6 Å². The van der Waals surface area contributed by atoms with Crippen LogP contribution in [0.25, 0.3) is 0 Å². The van der Waals surface area contributed by atoms with Crippen LogP contribution in [0.3, 0.4) is 0 Å². The SMILES string of the molecule is O=C(O)COc1ccc(Cl)cc1C1c2cccc(F)c2CCN1C(=O)CCCc1ccccc1. The zero-order valence-corrected chi connectivity index (χ0v) is 19.3. The van der Waals surface area contributed by atoms with Crippen LogP contribution in [0, 0.1) is 5.82 Å². The minimum absolute atomic E-state index is 0.0556. The standard InChI is InChI=1S/C27H25ClFNO4/c28-19-12-13-24(34-17-26(32)33)22(16-19)27-21-9-5-10-23(29)20(21)14-15-30(27)25(31)11-4-8-18-6-2-1-3-7-18/h1-3,5-7,9-10,12-13,16,27H,4,8,11,14-15,17H2,(H,32,33). The third kappa shape index (κ3) is 5.39. The lowest BCUT2D eigenvalue weighted by Gasteiger charge is -2.38. The maximum absolute atomic E-state index is 14.7. The van der Waals surface area contributed by atoms with E-state index in [9.17, 15) is 14.0 Å². The molecule has 0 aromatic heterocycles. The van der Waals surface area contributed by atoms with Crippen LogP contribution in [0.4, 0.5) is 4.39 Å². The van der Waals surface area contributed by atoms with Gasteiger partial charge in [-0.3, -0.25) is 4.79 Å². The first kappa shape index (κ1) is 23.8. The van der Waals surface area contributed by atoms with Crippen molar-refractivity contribution in [2.75, 3.05) is 13.2 Å². The molecular formula is C27H25ClFNO4. The van der Waals surface area contributed by atoms with Crippen molar-refractivity contribution in [3.8, 4) is 5.75 Å². The molecule has 5 nitrogen and oxygen atoms in total. The molecule has 1 N–H and O–H groups in total. The van der Waals surface area contributed by atoms with Crippen molar-refractivity contribution in [3.05, 3.63) is 99.8 Å². The van der Waals surface area contributed by atoms with E-state index in [0.717, 1.165) is 12.0 Å². The quantitative estimate of drug-likeness (QED) is 0.465. The summed E-state index contributed by atoms with van der Waals surface area (Å²) in [6.45, 7) is -0.198. The summed E-state index contributed by atoms with van der Waals surface area (Å²) < 4.78 is 20.2. The minimum atomic E-state index is -1.12. The van der Waals surface area contributed by atoms with E-state index >= 15 is 0 Å². The van der Waals surface area contributed by atoms with E-state index in [1.54, 1.807) is 35.2 Å². The van der Waals surface area contributed by atoms with Crippen LogP contribution in [0.15, 0.2) is 66.7 Å². The van der Waals surface area contributed by atoms with Crippen molar-refractivity contribution in [1.82, 2.24) is 4.90 Å². The van der Waals surface area contributed by atoms with Gasteiger partial charge in [-0.25, -0.2) is 9.18 Å². The molecule has 0 saturated carbocycles. The number of benzene rings is 3. The number of carboxylic acids is 1. The number of carbonyl (C=O) groups is 2. The van der Waals surface area contributed by atoms with Gasteiger partial charge in [0.05, 0.1) is 6.04 Å². The predicted octanol–water partition coefficient (Wildman–Crippen LogP) is 5.44. The molecule has 0 fully saturated rings. The van der Waals surface area contributed by atoms with Crippen molar-refractivity contribution >= 4 is 23.5 Å². The van der Waals surface area contributed by atoms with Crippen molar-refractivity contribution < 1.29 is 23.8 Å². The lowest BCUT2D eigenvalue weighted by molar-refractivity contribution is -0.139. The Hall–Kier alpha value is -3.38. The molecule has 3 aromatic rings. The van der Waals surface area contributed by atoms with Gasteiger partial charge in [0.25, 0.3) is 0 Å². The largest absolute Gasteiger partial charge is 0.482 e. The topological polar surface area (TPSA) is 66.8 Å². The van der Waals surface area contributed by atoms with Gasteiger partial charge in [0.15, 0.2) is 6.61 Å². The number of fused-ring (bicyclic) bond motifs is 1. The van der Waals surface area contributed by atoms with Gasteiger partial charge in [-0.15, -0.1) is 0 Å². The van der Waals surface area contributed by atoms with Gasteiger partial charge < -0.3 is 14.7 Å². The number of rotatable bonds is 8. The molecule has 0 radical (unpaired) electrons. The summed E-state index contributed by atoms with van der Waals surface area (Å²) in [7, 11) is 0. The molecule has 176 valence electrons. The molecule has 7 heteroatoms. The summed E-state index contributed by atoms with van der Waals surface area (Å²) >= 11 is 6.29. The fourth-order valence-corrected chi connectivity index (χ4v) is 4.65. The van der Waals surface area contributed by atoms with Crippen LogP contribution < -0.4 is 4.74 Å². The number of carbonyl (C=O) groups excluding carboxylic acids is 1. The van der Waals surface area contributed by atoms with E-state index in [-0.39, 0.29) is 11.7 Å². The molecule has 0 saturated heterocycles. The van der Waals surface area contributed by atoms with Crippen molar-refractivity contribution in [2.24, 2.45) is 0 Å². The Morgan fingerprint density at radius 2 is 1.85 bits per heavy atom. The Kier molecular flexibility index (Phi) is 7.48. The lowest BCUT2D eigenvalue weighted by Crippen LogP contribution is -2.41. The smallest absolute Gasteiger partial charge is 0.341 e. The summed E-state index contributed by atoms with van der Waals surface area (Å²) in [5.41, 5.74) is 2.91. The number of hydrogen-bond acceptors (Lipinski definition) is 3. The summed E-state index contributed by atoms with van der Waals surface area (Å²) in [5.74, 6) is -1.20. The number of halogens is 2. The van der Waals surface area contributed by atoms with Crippen LogP contribution >= 0.6 is 11.6 Å². The molecule has 0 aliphatic carbocycles. The number of nitrogens with zero attached hydrogens (tertiary/aromatic N) is 1. The highest BCUT2D eigenvalue weighted by atomic mass is 35.5. The summed E-state index contributed by atoms with van der Waals surface area (Å²) in [4.78, 5) is 26.2. The number of ether oxygens (including phenoxy) is 1. The average molecular weight is 482 g/mol. The number of hydrogen-bond donors (Lipinski definition) is 1. The third-order valence-electron chi connectivity index (χ3n) is 6.00. The zero-order chi connectivity index (χ0) is 24.1. The summed E-state index contributed by atoms with van der Waals surface area (Å²) in [6, 6.07) is 19.0. The second-order valence-electron chi connectivity index (χ2n) is 8.25. The molecule has 0 spiro atoms. The Labute approximate surface area is 202 Å². The first-order chi connectivity index (χ1) is 16.4.